The second-order valence-corrected chi connectivity index (χ2v) is 9.09. The highest BCUT2D eigenvalue weighted by molar-refractivity contribution is 8.03. The van der Waals surface area contributed by atoms with Crippen LogP contribution in [-0.4, -0.2) is 55.6 Å². The molecule has 1 aromatic carbocycles. The quantitative estimate of drug-likeness (QED) is 0.679. The monoisotopic (exact) mass is 443 g/mol. The van der Waals surface area contributed by atoms with Gasteiger partial charge in [-0.1, -0.05) is 31.0 Å². The van der Waals surface area contributed by atoms with Crippen molar-refractivity contribution in [2.75, 3.05) is 33.9 Å². The number of amides is 1. The topological polar surface area (TPSA) is 75.0 Å². The number of rotatable bonds is 5. The number of allylic oxidation sites excluding steroid dienone is 1. The van der Waals surface area contributed by atoms with Gasteiger partial charge in [-0.2, -0.15) is 5.26 Å². The smallest absolute Gasteiger partial charge is 0.229 e. The zero-order valence-electron chi connectivity index (χ0n) is 18.3. The number of carbonyl (C=O) groups excluding carboxylic acids is 1. The van der Waals surface area contributed by atoms with Crippen LogP contribution in [0, 0.1) is 11.3 Å². The van der Waals surface area contributed by atoms with E-state index in [1.165, 1.54) is 32.1 Å². The summed E-state index contributed by atoms with van der Waals surface area (Å²) in [4.78, 5) is 17.4. The van der Waals surface area contributed by atoms with Gasteiger partial charge in [0.15, 0.2) is 11.5 Å². The Balaban J connectivity index is 1.68. The predicted molar refractivity (Wildman–Crippen MR) is 119 cm³/mol. The number of methoxy groups -OCH3 is 3. The first kappa shape index (κ1) is 21.8. The van der Waals surface area contributed by atoms with E-state index in [1.807, 2.05) is 11.0 Å². The van der Waals surface area contributed by atoms with Crippen molar-refractivity contribution in [1.82, 2.24) is 9.80 Å². The van der Waals surface area contributed by atoms with Crippen LogP contribution < -0.4 is 14.2 Å². The molecule has 0 N–H and O–H groups in total. The van der Waals surface area contributed by atoms with E-state index in [2.05, 4.69) is 11.0 Å². The molecule has 1 aliphatic carbocycles. The maximum Gasteiger partial charge on any atom is 0.229 e. The molecule has 4 rings (SSSR count). The van der Waals surface area contributed by atoms with Gasteiger partial charge in [-0.25, -0.2) is 0 Å². The van der Waals surface area contributed by atoms with Crippen LogP contribution in [0.2, 0.25) is 0 Å². The fourth-order valence-electron chi connectivity index (χ4n) is 4.84. The third-order valence-electron chi connectivity index (χ3n) is 6.52. The van der Waals surface area contributed by atoms with Gasteiger partial charge in [-0.05, 0) is 18.9 Å². The van der Waals surface area contributed by atoms with Gasteiger partial charge in [-0.15, -0.1) is 0 Å². The Morgan fingerprint density at radius 2 is 1.71 bits per heavy atom. The summed E-state index contributed by atoms with van der Waals surface area (Å²) in [5.74, 6) is 2.17. The highest BCUT2D eigenvalue weighted by Gasteiger charge is 2.40. The standard InChI is InChI=1S/C23H29N3O4S/c1-28-19-11-21(30-3)20(29-2)9-17(19)16-10-22(27)26-13-25(15-7-5-4-6-8-15)14-31-23(26)18(16)12-24/h9,11,15-16H,4-8,10,13-14H2,1-3H3/t16-/m1/s1. The van der Waals surface area contributed by atoms with Crippen molar-refractivity contribution in [3.8, 4) is 23.3 Å². The van der Waals surface area contributed by atoms with Crippen LogP contribution in [0.3, 0.4) is 0 Å². The first-order chi connectivity index (χ1) is 15.1. The molecule has 2 heterocycles. The molecule has 1 atom stereocenters. The molecule has 1 amide bonds. The van der Waals surface area contributed by atoms with Crippen LogP contribution in [0.25, 0.3) is 0 Å². The van der Waals surface area contributed by atoms with E-state index in [0.717, 1.165) is 16.5 Å². The molecule has 1 saturated heterocycles. The van der Waals surface area contributed by atoms with Crippen molar-refractivity contribution in [2.45, 2.75) is 50.5 Å². The second-order valence-electron chi connectivity index (χ2n) is 8.15. The van der Waals surface area contributed by atoms with Crippen LogP contribution in [0.1, 0.15) is 50.0 Å². The Hall–Kier alpha value is -2.37. The van der Waals surface area contributed by atoms with Crippen molar-refractivity contribution < 1.29 is 19.0 Å². The summed E-state index contributed by atoms with van der Waals surface area (Å²) in [6.07, 6.45) is 6.44. The second kappa shape index (κ2) is 9.41. The molecular weight excluding hydrogens is 414 g/mol. The van der Waals surface area contributed by atoms with Crippen LogP contribution >= 0.6 is 11.8 Å². The number of hydrogen-bond acceptors (Lipinski definition) is 7. The number of benzene rings is 1. The molecule has 166 valence electrons. The van der Waals surface area contributed by atoms with Crippen molar-refractivity contribution in [2.24, 2.45) is 0 Å². The molecule has 0 unspecified atom stereocenters. The molecule has 7 nitrogen and oxygen atoms in total. The molecule has 8 heteroatoms. The lowest BCUT2D eigenvalue weighted by atomic mass is 9.85. The first-order valence-electron chi connectivity index (χ1n) is 10.7. The maximum atomic E-state index is 13.2. The average Bonchev–Trinajstić information content (AvgIpc) is 2.83. The van der Waals surface area contributed by atoms with Gasteiger partial charge >= 0.3 is 0 Å². The van der Waals surface area contributed by atoms with Crippen LogP contribution in [0.5, 0.6) is 17.2 Å². The van der Waals surface area contributed by atoms with Gasteiger partial charge in [-0.3, -0.25) is 14.6 Å². The van der Waals surface area contributed by atoms with Crippen molar-refractivity contribution in [3.05, 3.63) is 28.3 Å². The first-order valence-corrected chi connectivity index (χ1v) is 11.7. The number of carbonyl (C=O) groups is 1. The molecule has 1 aromatic rings. The molecule has 0 spiro atoms. The number of ether oxygens (including phenoxy) is 3. The van der Waals surface area contributed by atoms with Crippen LogP contribution in [0.15, 0.2) is 22.7 Å². The predicted octanol–water partition coefficient (Wildman–Crippen LogP) is 4.06. The number of nitriles is 1. The van der Waals surface area contributed by atoms with Crippen molar-refractivity contribution in [3.63, 3.8) is 0 Å². The number of thioether (sulfide) groups is 1. The van der Waals surface area contributed by atoms with E-state index in [1.54, 1.807) is 39.2 Å². The van der Waals surface area contributed by atoms with Crippen molar-refractivity contribution >= 4 is 17.7 Å². The molecular formula is C23H29N3O4S. The summed E-state index contributed by atoms with van der Waals surface area (Å²) >= 11 is 1.61. The van der Waals surface area contributed by atoms with E-state index >= 15 is 0 Å². The Morgan fingerprint density at radius 3 is 2.35 bits per heavy atom. The molecule has 0 radical (unpaired) electrons. The highest BCUT2D eigenvalue weighted by atomic mass is 32.2. The summed E-state index contributed by atoms with van der Waals surface area (Å²) < 4.78 is 16.4. The summed E-state index contributed by atoms with van der Waals surface area (Å²) in [6, 6.07) is 6.51. The van der Waals surface area contributed by atoms with Gasteiger partial charge in [0.25, 0.3) is 0 Å². The van der Waals surface area contributed by atoms with Gasteiger partial charge < -0.3 is 14.2 Å². The van der Waals surface area contributed by atoms with Crippen molar-refractivity contribution in [1.29, 1.82) is 5.26 Å². The minimum absolute atomic E-state index is 0.0452. The van der Waals surface area contributed by atoms with Crippen LogP contribution in [0.4, 0.5) is 0 Å². The molecule has 1 saturated carbocycles. The largest absolute Gasteiger partial charge is 0.496 e. The molecule has 2 aliphatic heterocycles. The SMILES string of the molecule is COc1cc(OC)c([C@H]2CC(=O)N3CN(C4CCCCC4)CSC3=C2C#N)cc1OC. The highest BCUT2D eigenvalue weighted by Crippen LogP contribution is 2.47. The summed E-state index contributed by atoms with van der Waals surface area (Å²) in [6.45, 7) is 0.576. The lowest BCUT2D eigenvalue weighted by Crippen LogP contribution is -2.51. The lowest BCUT2D eigenvalue weighted by Gasteiger charge is -2.44. The molecule has 31 heavy (non-hydrogen) atoms. The van der Waals surface area contributed by atoms with E-state index in [0.29, 0.717) is 35.5 Å². The fraction of sp³-hybridized carbons (Fsp3) is 0.565. The normalized spacial score (nSPS) is 22.7. The van der Waals surface area contributed by atoms with E-state index in [9.17, 15) is 10.1 Å². The molecule has 3 aliphatic rings. The van der Waals surface area contributed by atoms with E-state index < -0.39 is 0 Å². The number of fused-ring (bicyclic) bond motifs is 1. The van der Waals surface area contributed by atoms with E-state index in [4.69, 9.17) is 14.2 Å². The Morgan fingerprint density at radius 1 is 1.03 bits per heavy atom. The Labute approximate surface area is 187 Å². The molecule has 0 aromatic heterocycles. The molecule has 2 fully saturated rings. The lowest BCUT2D eigenvalue weighted by molar-refractivity contribution is -0.132. The summed E-state index contributed by atoms with van der Waals surface area (Å²) in [7, 11) is 4.72. The fourth-order valence-corrected chi connectivity index (χ4v) is 6.08. The van der Waals surface area contributed by atoms with Gasteiger partial charge in [0.1, 0.15) is 5.75 Å². The Kier molecular flexibility index (Phi) is 6.63. The minimum Gasteiger partial charge on any atom is -0.496 e. The van der Waals surface area contributed by atoms with Gasteiger partial charge in [0.2, 0.25) is 5.91 Å². The third kappa shape index (κ3) is 4.09. The third-order valence-corrected chi connectivity index (χ3v) is 7.69. The maximum absolute atomic E-state index is 13.2. The zero-order chi connectivity index (χ0) is 22.0. The molecule has 0 bridgehead atoms. The number of nitrogens with zero attached hydrogens (tertiary/aromatic N) is 3. The summed E-state index contributed by atoms with van der Waals surface area (Å²) in [5.41, 5.74) is 1.39. The van der Waals surface area contributed by atoms with Gasteiger partial charge in [0.05, 0.1) is 50.5 Å². The van der Waals surface area contributed by atoms with Gasteiger partial charge in [0, 0.05) is 30.0 Å². The average molecular weight is 444 g/mol. The zero-order valence-corrected chi connectivity index (χ0v) is 19.2. The number of hydrogen-bond donors (Lipinski definition) is 0. The minimum atomic E-state index is -0.368. The van der Waals surface area contributed by atoms with E-state index in [-0.39, 0.29) is 18.2 Å². The summed E-state index contributed by atoms with van der Waals surface area (Å²) in [5, 5.41) is 10.9. The van der Waals surface area contributed by atoms with Crippen LogP contribution in [-0.2, 0) is 4.79 Å². The Bertz CT molecular complexity index is 920.